The van der Waals surface area contributed by atoms with E-state index in [9.17, 15) is 4.79 Å². The molecule has 1 amide bonds. The topological polar surface area (TPSA) is 42.4 Å². The fraction of sp³-hybridized carbons (Fsp3) is 0.143. The molecule has 0 radical (unpaired) electrons. The van der Waals surface area contributed by atoms with Crippen LogP contribution >= 0.6 is 11.8 Å². The molecule has 0 saturated carbocycles. The van der Waals surface area contributed by atoms with Gasteiger partial charge in [-0.25, -0.2) is 14.7 Å². The molecule has 19 heavy (non-hydrogen) atoms. The summed E-state index contributed by atoms with van der Waals surface area (Å²) in [6.45, 7) is 2.13. The average molecular weight is 272 g/mol. The zero-order valence-electron chi connectivity index (χ0n) is 10.4. The van der Waals surface area contributed by atoms with Gasteiger partial charge in [-0.15, -0.1) is 0 Å². The molecule has 2 aromatic rings. The summed E-state index contributed by atoms with van der Waals surface area (Å²) in [5, 5.41) is 0. The zero-order chi connectivity index (χ0) is 13.2. The van der Waals surface area contributed by atoms with Gasteiger partial charge in [-0.2, -0.15) is 0 Å². The third-order valence-corrected chi connectivity index (χ3v) is 3.84. The fourth-order valence-electron chi connectivity index (χ4n) is 1.96. The summed E-state index contributed by atoms with van der Waals surface area (Å²) in [5.74, 6) is 0.629. The lowest BCUT2D eigenvalue weighted by molar-refractivity contribution is 0.162. The Labute approximate surface area is 115 Å². The number of hydrogen-bond acceptors (Lipinski definition) is 4. The Morgan fingerprint density at radius 2 is 2.05 bits per heavy atom. The molecule has 2 heterocycles. The number of amides is 1. The Hall–Kier alpha value is -2.01. The van der Waals surface area contributed by atoms with Crippen LogP contribution in [0.4, 0.5) is 16.3 Å². The molecule has 0 saturated heterocycles. The van der Waals surface area contributed by atoms with Crippen LogP contribution in [0.1, 0.15) is 6.92 Å². The minimum Gasteiger partial charge on any atom is -0.449 e. The molecule has 0 N–H and O–H groups in total. The fourth-order valence-corrected chi connectivity index (χ4v) is 2.99. The van der Waals surface area contributed by atoms with Gasteiger partial charge in [0.2, 0.25) is 0 Å². The van der Waals surface area contributed by atoms with Gasteiger partial charge in [0.25, 0.3) is 0 Å². The summed E-state index contributed by atoms with van der Waals surface area (Å²) in [4.78, 5) is 20.0. The molecule has 0 bridgehead atoms. The lowest BCUT2D eigenvalue weighted by Gasteiger charge is -2.28. The Bertz CT molecular complexity index is 585. The standard InChI is InChI=1S/C14H12N2O2S/c1-2-18-14(17)16-10-6-3-4-7-11(10)19-12-8-5-9-15-13(12)16/h3-9H,2H2,1H3. The largest absolute Gasteiger partial charge is 0.449 e. The smallest absolute Gasteiger partial charge is 0.420 e. The third-order valence-electron chi connectivity index (χ3n) is 2.74. The quantitative estimate of drug-likeness (QED) is 0.791. The molecule has 1 aromatic heterocycles. The SMILES string of the molecule is CCOC(=O)N1c2ccccc2Sc2cccnc21. The molecule has 0 atom stereocenters. The minimum atomic E-state index is -0.393. The van der Waals surface area contributed by atoms with Crippen LogP contribution in [0, 0.1) is 0 Å². The molecule has 0 spiro atoms. The summed E-state index contributed by atoms with van der Waals surface area (Å²) in [7, 11) is 0. The molecule has 1 aliphatic heterocycles. The number of ether oxygens (including phenoxy) is 1. The molecule has 4 nitrogen and oxygen atoms in total. The van der Waals surface area contributed by atoms with Crippen molar-refractivity contribution in [3.8, 4) is 0 Å². The predicted molar refractivity (Wildman–Crippen MR) is 74.0 cm³/mol. The van der Waals surface area contributed by atoms with Crippen LogP contribution in [0.15, 0.2) is 52.4 Å². The van der Waals surface area contributed by atoms with Crippen LogP contribution in [0.25, 0.3) is 0 Å². The summed E-state index contributed by atoms with van der Waals surface area (Å²) >= 11 is 1.61. The van der Waals surface area contributed by atoms with Crippen LogP contribution in [-0.2, 0) is 4.74 Å². The van der Waals surface area contributed by atoms with Crippen LogP contribution in [0.3, 0.4) is 0 Å². The van der Waals surface area contributed by atoms with Crippen LogP contribution in [-0.4, -0.2) is 17.7 Å². The Balaban J connectivity index is 2.14. The number of aromatic nitrogens is 1. The van der Waals surface area contributed by atoms with Crippen LogP contribution in [0.2, 0.25) is 0 Å². The van der Waals surface area contributed by atoms with Crippen molar-refractivity contribution in [2.24, 2.45) is 0 Å². The second-order valence-electron chi connectivity index (χ2n) is 3.93. The van der Waals surface area contributed by atoms with Crippen LogP contribution < -0.4 is 4.90 Å². The third kappa shape index (κ3) is 2.06. The molecule has 1 aromatic carbocycles. The van der Waals surface area contributed by atoms with Crippen molar-refractivity contribution in [1.82, 2.24) is 4.98 Å². The number of pyridine rings is 1. The van der Waals surface area contributed by atoms with Gasteiger partial charge >= 0.3 is 6.09 Å². The van der Waals surface area contributed by atoms with Crippen molar-refractivity contribution in [1.29, 1.82) is 0 Å². The number of anilines is 2. The maximum atomic E-state index is 12.2. The van der Waals surface area contributed by atoms with Crippen molar-refractivity contribution in [3.05, 3.63) is 42.6 Å². The first-order valence-corrected chi connectivity index (χ1v) is 6.81. The van der Waals surface area contributed by atoms with E-state index in [2.05, 4.69) is 4.98 Å². The van der Waals surface area contributed by atoms with E-state index in [1.807, 2.05) is 36.4 Å². The van der Waals surface area contributed by atoms with Crippen molar-refractivity contribution < 1.29 is 9.53 Å². The second-order valence-corrected chi connectivity index (χ2v) is 5.01. The van der Waals surface area contributed by atoms with Crippen molar-refractivity contribution in [3.63, 3.8) is 0 Å². The van der Waals surface area contributed by atoms with Gasteiger partial charge < -0.3 is 4.74 Å². The highest BCUT2D eigenvalue weighted by Gasteiger charge is 2.29. The van der Waals surface area contributed by atoms with E-state index < -0.39 is 6.09 Å². The number of carbonyl (C=O) groups excluding carboxylic acids is 1. The number of para-hydroxylation sites is 1. The minimum absolute atomic E-state index is 0.340. The molecule has 3 rings (SSSR count). The highest BCUT2D eigenvalue weighted by atomic mass is 32.2. The van der Waals surface area contributed by atoms with Crippen molar-refractivity contribution in [2.75, 3.05) is 11.5 Å². The molecular weight excluding hydrogens is 260 g/mol. The van der Waals surface area contributed by atoms with Crippen molar-refractivity contribution >= 4 is 29.4 Å². The summed E-state index contributed by atoms with van der Waals surface area (Å²) in [6, 6.07) is 11.6. The van der Waals surface area contributed by atoms with Gasteiger partial charge in [-0.3, -0.25) is 0 Å². The molecule has 0 unspecified atom stereocenters. The molecule has 1 aliphatic rings. The summed E-state index contributed by atoms with van der Waals surface area (Å²) in [5.41, 5.74) is 0.817. The van der Waals surface area contributed by atoms with E-state index in [-0.39, 0.29) is 0 Å². The first-order valence-electron chi connectivity index (χ1n) is 6.00. The molecule has 0 aliphatic carbocycles. The molecular formula is C14H12N2O2S. The van der Waals surface area contributed by atoms with E-state index >= 15 is 0 Å². The zero-order valence-corrected chi connectivity index (χ0v) is 11.2. The summed E-state index contributed by atoms with van der Waals surface area (Å²) in [6.07, 6.45) is 1.29. The highest BCUT2D eigenvalue weighted by Crippen LogP contribution is 2.46. The number of carbonyl (C=O) groups is 1. The first-order chi connectivity index (χ1) is 9.31. The number of hydrogen-bond donors (Lipinski definition) is 0. The van der Waals surface area contributed by atoms with Gasteiger partial charge in [0.15, 0.2) is 5.82 Å². The normalized spacial score (nSPS) is 12.6. The molecule has 0 fully saturated rings. The molecule has 5 heteroatoms. The summed E-state index contributed by atoms with van der Waals surface area (Å²) < 4.78 is 5.13. The van der Waals surface area contributed by atoms with Crippen LogP contribution in [0.5, 0.6) is 0 Å². The van der Waals surface area contributed by atoms with Gasteiger partial charge in [-0.05, 0) is 31.2 Å². The maximum absolute atomic E-state index is 12.2. The van der Waals surface area contributed by atoms with E-state index in [0.29, 0.717) is 12.4 Å². The number of rotatable bonds is 1. The van der Waals surface area contributed by atoms with Gasteiger partial charge in [0, 0.05) is 11.1 Å². The van der Waals surface area contributed by atoms with E-state index in [4.69, 9.17) is 4.74 Å². The lowest BCUT2D eigenvalue weighted by atomic mass is 10.2. The lowest BCUT2D eigenvalue weighted by Crippen LogP contribution is -2.29. The Kier molecular flexibility index (Phi) is 3.13. The van der Waals surface area contributed by atoms with Gasteiger partial charge in [0.1, 0.15) is 0 Å². The molecule has 96 valence electrons. The monoisotopic (exact) mass is 272 g/mol. The Morgan fingerprint density at radius 3 is 2.89 bits per heavy atom. The Morgan fingerprint density at radius 1 is 1.26 bits per heavy atom. The average Bonchev–Trinajstić information content (AvgIpc) is 2.44. The van der Waals surface area contributed by atoms with E-state index in [1.165, 1.54) is 4.90 Å². The first kappa shape index (κ1) is 12.0. The van der Waals surface area contributed by atoms with Gasteiger partial charge in [-0.1, -0.05) is 23.9 Å². The van der Waals surface area contributed by atoms with E-state index in [0.717, 1.165) is 15.5 Å². The number of fused-ring (bicyclic) bond motifs is 2. The number of benzene rings is 1. The number of nitrogens with zero attached hydrogens (tertiary/aromatic N) is 2. The van der Waals surface area contributed by atoms with Crippen molar-refractivity contribution in [2.45, 2.75) is 16.7 Å². The van der Waals surface area contributed by atoms with E-state index in [1.54, 1.807) is 24.9 Å². The second kappa shape index (κ2) is 4.93. The highest BCUT2D eigenvalue weighted by molar-refractivity contribution is 7.99. The predicted octanol–water partition coefficient (Wildman–Crippen LogP) is 3.84. The van der Waals surface area contributed by atoms with Gasteiger partial charge in [0.05, 0.1) is 17.2 Å². The maximum Gasteiger partial charge on any atom is 0.420 e.